The highest BCUT2D eigenvalue weighted by Gasteiger charge is 2.12. The van der Waals surface area contributed by atoms with Gasteiger partial charge in [-0.25, -0.2) is 4.79 Å². The van der Waals surface area contributed by atoms with Gasteiger partial charge in [0.15, 0.2) is 0 Å². The molecular formula is C13H19NO4. The fourth-order valence-corrected chi connectivity index (χ4v) is 1.79. The second kappa shape index (κ2) is 6.98. The predicted molar refractivity (Wildman–Crippen MR) is 68.9 cm³/mol. The van der Waals surface area contributed by atoms with Crippen LogP contribution in [-0.2, 0) is 4.74 Å². The number of methoxy groups -OCH3 is 1. The molecule has 0 bridgehead atoms. The molecule has 0 amide bonds. The van der Waals surface area contributed by atoms with Gasteiger partial charge >= 0.3 is 5.97 Å². The van der Waals surface area contributed by atoms with E-state index in [-0.39, 0.29) is 19.2 Å². The van der Waals surface area contributed by atoms with Crippen LogP contribution in [0.25, 0.3) is 0 Å². The summed E-state index contributed by atoms with van der Waals surface area (Å²) in [5.74, 6) is -0.366. The lowest BCUT2D eigenvalue weighted by Crippen LogP contribution is -2.29. The first kappa shape index (κ1) is 14.5. The zero-order valence-corrected chi connectivity index (χ0v) is 10.7. The van der Waals surface area contributed by atoms with Gasteiger partial charge in [0.25, 0.3) is 0 Å². The van der Waals surface area contributed by atoms with Gasteiger partial charge in [0, 0.05) is 18.8 Å². The van der Waals surface area contributed by atoms with Crippen LogP contribution in [-0.4, -0.2) is 49.6 Å². The number of aryl methyl sites for hydroxylation is 1. The highest BCUT2D eigenvalue weighted by Crippen LogP contribution is 2.19. The van der Waals surface area contributed by atoms with E-state index in [1.807, 2.05) is 17.9 Å². The number of hydrogen-bond acceptors (Lipinski definition) is 5. The van der Waals surface area contributed by atoms with Crippen LogP contribution in [0.5, 0.6) is 0 Å². The molecule has 0 radical (unpaired) electrons. The molecule has 0 saturated heterocycles. The number of esters is 1. The Hall–Kier alpha value is -1.59. The number of aliphatic hydroxyl groups is 2. The lowest BCUT2D eigenvalue weighted by molar-refractivity contribution is 0.0600. The highest BCUT2D eigenvalue weighted by atomic mass is 16.5. The number of anilines is 1. The number of nitrogens with zero attached hydrogens (tertiary/aromatic N) is 1. The van der Waals surface area contributed by atoms with Gasteiger partial charge in [-0.15, -0.1) is 0 Å². The van der Waals surface area contributed by atoms with E-state index in [2.05, 4.69) is 4.74 Å². The Morgan fingerprint density at radius 1 is 1.28 bits per heavy atom. The Balaban J connectivity index is 2.97. The minimum atomic E-state index is -0.366. The third-order valence-corrected chi connectivity index (χ3v) is 2.72. The molecule has 5 nitrogen and oxygen atoms in total. The maximum absolute atomic E-state index is 11.5. The molecule has 5 heteroatoms. The second-order valence-electron chi connectivity index (χ2n) is 3.93. The van der Waals surface area contributed by atoms with Crippen molar-refractivity contribution < 1.29 is 19.7 Å². The molecule has 0 aromatic heterocycles. The van der Waals surface area contributed by atoms with Crippen molar-refractivity contribution in [3.63, 3.8) is 0 Å². The van der Waals surface area contributed by atoms with Crippen molar-refractivity contribution in [1.29, 1.82) is 0 Å². The molecule has 1 aromatic rings. The van der Waals surface area contributed by atoms with Crippen molar-refractivity contribution >= 4 is 11.7 Å². The Morgan fingerprint density at radius 3 is 2.33 bits per heavy atom. The van der Waals surface area contributed by atoms with E-state index in [1.54, 1.807) is 12.1 Å². The van der Waals surface area contributed by atoms with Crippen LogP contribution in [0.1, 0.15) is 15.9 Å². The molecule has 2 N–H and O–H groups in total. The topological polar surface area (TPSA) is 70.0 Å². The molecule has 0 aliphatic rings. The summed E-state index contributed by atoms with van der Waals surface area (Å²) in [6.07, 6.45) is 0. The van der Waals surface area contributed by atoms with Crippen molar-refractivity contribution in [3.8, 4) is 0 Å². The first-order chi connectivity index (χ1) is 8.63. The molecule has 1 rings (SSSR count). The smallest absolute Gasteiger partial charge is 0.338 e. The Bertz CT molecular complexity index is 400. The average Bonchev–Trinajstić information content (AvgIpc) is 2.37. The van der Waals surface area contributed by atoms with Crippen LogP contribution in [0, 0.1) is 6.92 Å². The molecule has 0 saturated carbocycles. The van der Waals surface area contributed by atoms with Gasteiger partial charge in [0.1, 0.15) is 0 Å². The van der Waals surface area contributed by atoms with E-state index in [0.717, 1.165) is 11.3 Å². The quantitative estimate of drug-likeness (QED) is 0.725. The number of rotatable bonds is 6. The van der Waals surface area contributed by atoms with Crippen molar-refractivity contribution in [2.24, 2.45) is 0 Å². The summed E-state index contributed by atoms with van der Waals surface area (Å²) in [4.78, 5) is 13.3. The third kappa shape index (κ3) is 3.45. The summed E-state index contributed by atoms with van der Waals surface area (Å²) >= 11 is 0. The molecule has 0 atom stereocenters. The molecule has 0 spiro atoms. The van der Waals surface area contributed by atoms with E-state index >= 15 is 0 Å². The Kier molecular flexibility index (Phi) is 5.61. The molecule has 0 aliphatic carbocycles. The summed E-state index contributed by atoms with van der Waals surface area (Å²) < 4.78 is 4.68. The zero-order valence-electron chi connectivity index (χ0n) is 10.7. The Labute approximate surface area is 107 Å². The summed E-state index contributed by atoms with van der Waals surface area (Å²) in [5.41, 5.74) is 2.19. The predicted octanol–water partition coefficient (Wildman–Crippen LogP) is 0.573. The number of benzene rings is 1. The van der Waals surface area contributed by atoms with Gasteiger partial charge in [-0.05, 0) is 30.7 Å². The normalized spacial score (nSPS) is 10.2. The highest BCUT2D eigenvalue weighted by molar-refractivity contribution is 5.91. The Morgan fingerprint density at radius 2 is 1.89 bits per heavy atom. The van der Waals surface area contributed by atoms with Gasteiger partial charge in [-0.2, -0.15) is 0 Å². The molecule has 100 valence electrons. The van der Waals surface area contributed by atoms with Crippen LogP contribution < -0.4 is 4.90 Å². The lowest BCUT2D eigenvalue weighted by Gasteiger charge is -2.23. The van der Waals surface area contributed by atoms with Crippen molar-refractivity contribution in [3.05, 3.63) is 29.3 Å². The van der Waals surface area contributed by atoms with E-state index in [9.17, 15) is 4.79 Å². The molecular weight excluding hydrogens is 234 g/mol. The first-order valence-electron chi connectivity index (χ1n) is 5.79. The summed E-state index contributed by atoms with van der Waals surface area (Å²) in [7, 11) is 1.35. The number of carbonyl (C=O) groups excluding carboxylic acids is 1. The van der Waals surface area contributed by atoms with Gasteiger partial charge in [-0.3, -0.25) is 0 Å². The fourth-order valence-electron chi connectivity index (χ4n) is 1.79. The van der Waals surface area contributed by atoms with Crippen LogP contribution in [0.15, 0.2) is 18.2 Å². The minimum absolute atomic E-state index is 0.0117. The number of ether oxygens (including phenoxy) is 1. The van der Waals surface area contributed by atoms with E-state index in [4.69, 9.17) is 10.2 Å². The average molecular weight is 253 g/mol. The van der Waals surface area contributed by atoms with Gasteiger partial charge in [0.2, 0.25) is 0 Å². The van der Waals surface area contributed by atoms with Crippen molar-refractivity contribution in [2.45, 2.75) is 6.92 Å². The van der Waals surface area contributed by atoms with Gasteiger partial charge in [-0.1, -0.05) is 0 Å². The largest absolute Gasteiger partial charge is 0.465 e. The standard InChI is InChI=1S/C13H19NO4/c1-10-9-11(14(5-7-15)6-8-16)3-4-12(10)13(17)18-2/h3-4,9,15-16H,5-8H2,1-2H3. The lowest BCUT2D eigenvalue weighted by atomic mass is 10.1. The molecule has 1 aromatic carbocycles. The molecule has 0 aliphatic heterocycles. The second-order valence-corrected chi connectivity index (χ2v) is 3.93. The SMILES string of the molecule is COC(=O)c1ccc(N(CCO)CCO)cc1C. The molecule has 0 unspecified atom stereocenters. The fraction of sp³-hybridized carbons (Fsp3) is 0.462. The van der Waals surface area contributed by atoms with Crippen molar-refractivity contribution in [2.75, 3.05) is 38.3 Å². The minimum Gasteiger partial charge on any atom is -0.465 e. The van der Waals surface area contributed by atoms with Crippen LogP contribution in [0.2, 0.25) is 0 Å². The van der Waals surface area contributed by atoms with E-state index in [0.29, 0.717) is 18.7 Å². The molecule has 0 heterocycles. The summed E-state index contributed by atoms with van der Waals surface area (Å²) in [6.45, 7) is 2.73. The van der Waals surface area contributed by atoms with Crippen LogP contribution >= 0.6 is 0 Å². The van der Waals surface area contributed by atoms with Crippen LogP contribution in [0.4, 0.5) is 5.69 Å². The monoisotopic (exact) mass is 253 g/mol. The number of hydrogen-bond donors (Lipinski definition) is 2. The summed E-state index contributed by atoms with van der Waals surface area (Å²) in [5, 5.41) is 18.0. The van der Waals surface area contributed by atoms with Gasteiger partial charge in [0.05, 0.1) is 25.9 Å². The first-order valence-corrected chi connectivity index (χ1v) is 5.79. The molecule has 18 heavy (non-hydrogen) atoms. The zero-order chi connectivity index (χ0) is 13.5. The molecule has 0 fully saturated rings. The van der Waals surface area contributed by atoms with E-state index in [1.165, 1.54) is 7.11 Å². The summed E-state index contributed by atoms with van der Waals surface area (Å²) in [6, 6.07) is 5.32. The van der Waals surface area contributed by atoms with Crippen molar-refractivity contribution in [1.82, 2.24) is 0 Å². The third-order valence-electron chi connectivity index (χ3n) is 2.72. The number of aliphatic hydroxyl groups excluding tert-OH is 2. The van der Waals surface area contributed by atoms with E-state index < -0.39 is 0 Å². The van der Waals surface area contributed by atoms with Crippen LogP contribution in [0.3, 0.4) is 0 Å². The maximum atomic E-state index is 11.5. The van der Waals surface area contributed by atoms with Gasteiger partial charge < -0.3 is 19.8 Å². The maximum Gasteiger partial charge on any atom is 0.338 e. The number of carbonyl (C=O) groups is 1.